The Hall–Kier alpha value is -3.32. The molecule has 0 fully saturated rings. The second kappa shape index (κ2) is 8.17. The number of aromatic nitrogens is 2. The predicted molar refractivity (Wildman–Crippen MR) is 103 cm³/mol. The summed E-state index contributed by atoms with van der Waals surface area (Å²) >= 11 is 6.01. The Labute approximate surface area is 155 Å². The molecule has 1 heterocycles. The third kappa shape index (κ3) is 4.20. The van der Waals surface area contributed by atoms with E-state index in [2.05, 4.69) is 26.1 Å². The number of hydrogen-bond acceptors (Lipinski definition) is 6. The van der Waals surface area contributed by atoms with Crippen LogP contribution in [0.5, 0.6) is 0 Å². The highest BCUT2D eigenvalue weighted by atomic mass is 35.5. The number of nitrogens with zero attached hydrogens (tertiary/aromatic N) is 2. The SMILES string of the molecule is Nc1c(NCc2ccccc2)ncnc1NNC(=O)c1ccccc1Cl. The number of benzene rings is 2. The standard InChI is InChI=1S/C18H17ClN6O/c19-14-9-5-4-8-13(14)18(26)25-24-17-15(20)16(22-11-23-17)21-10-12-6-2-1-3-7-12/h1-9,11H,10,20H2,(H,25,26)(H2,21,22,23,24). The lowest BCUT2D eigenvalue weighted by atomic mass is 10.2. The summed E-state index contributed by atoms with van der Waals surface area (Å²) in [5.74, 6) is 0.363. The zero-order chi connectivity index (χ0) is 18.4. The Bertz CT molecular complexity index is 903. The van der Waals surface area contributed by atoms with Crippen LogP contribution in [0.2, 0.25) is 5.02 Å². The maximum absolute atomic E-state index is 12.2. The highest BCUT2D eigenvalue weighted by molar-refractivity contribution is 6.33. The number of hydrogen-bond donors (Lipinski definition) is 4. The Kier molecular flexibility index (Phi) is 5.50. The molecule has 0 saturated carbocycles. The molecule has 0 unspecified atom stereocenters. The minimum Gasteiger partial charge on any atom is -0.393 e. The van der Waals surface area contributed by atoms with Gasteiger partial charge in [-0.15, -0.1) is 0 Å². The number of hydrazine groups is 1. The van der Waals surface area contributed by atoms with Gasteiger partial charge >= 0.3 is 0 Å². The molecule has 0 radical (unpaired) electrons. The molecule has 1 amide bonds. The predicted octanol–water partition coefficient (Wildman–Crippen LogP) is 3.08. The van der Waals surface area contributed by atoms with Crippen LogP contribution in [-0.4, -0.2) is 15.9 Å². The van der Waals surface area contributed by atoms with E-state index in [1.54, 1.807) is 24.3 Å². The Balaban J connectivity index is 1.65. The van der Waals surface area contributed by atoms with E-state index in [4.69, 9.17) is 17.3 Å². The van der Waals surface area contributed by atoms with Crippen LogP contribution in [0.15, 0.2) is 60.9 Å². The van der Waals surface area contributed by atoms with Crippen molar-refractivity contribution in [2.24, 2.45) is 0 Å². The van der Waals surface area contributed by atoms with E-state index >= 15 is 0 Å². The summed E-state index contributed by atoms with van der Waals surface area (Å²) in [5.41, 5.74) is 13.0. The molecule has 8 heteroatoms. The minimum absolute atomic E-state index is 0.288. The van der Waals surface area contributed by atoms with Crippen LogP contribution >= 0.6 is 11.6 Å². The summed E-state index contributed by atoms with van der Waals surface area (Å²) in [4.78, 5) is 20.4. The fourth-order valence-electron chi connectivity index (χ4n) is 2.25. The monoisotopic (exact) mass is 368 g/mol. The molecule has 2 aromatic carbocycles. The van der Waals surface area contributed by atoms with E-state index in [-0.39, 0.29) is 5.82 Å². The van der Waals surface area contributed by atoms with Crippen molar-refractivity contribution in [3.63, 3.8) is 0 Å². The van der Waals surface area contributed by atoms with E-state index in [9.17, 15) is 4.79 Å². The first kappa shape index (κ1) is 17.5. The average Bonchev–Trinajstić information content (AvgIpc) is 2.67. The molecule has 132 valence electrons. The smallest absolute Gasteiger partial charge is 0.271 e. The number of nitrogen functional groups attached to an aromatic ring is 1. The Morgan fingerprint density at radius 3 is 2.46 bits per heavy atom. The maximum Gasteiger partial charge on any atom is 0.271 e. The second-order valence-electron chi connectivity index (χ2n) is 5.38. The summed E-state index contributed by atoms with van der Waals surface area (Å²) < 4.78 is 0. The highest BCUT2D eigenvalue weighted by Crippen LogP contribution is 2.22. The number of halogens is 1. The van der Waals surface area contributed by atoms with Crippen molar-refractivity contribution in [2.75, 3.05) is 16.5 Å². The van der Waals surface area contributed by atoms with E-state index in [0.717, 1.165) is 5.56 Å². The van der Waals surface area contributed by atoms with Crippen molar-refractivity contribution in [3.8, 4) is 0 Å². The lowest BCUT2D eigenvalue weighted by molar-refractivity contribution is 0.0962. The van der Waals surface area contributed by atoms with Gasteiger partial charge in [-0.2, -0.15) is 0 Å². The highest BCUT2D eigenvalue weighted by Gasteiger charge is 2.12. The van der Waals surface area contributed by atoms with Gasteiger partial charge in [-0.25, -0.2) is 9.97 Å². The fourth-order valence-corrected chi connectivity index (χ4v) is 2.47. The Morgan fingerprint density at radius 1 is 1.00 bits per heavy atom. The van der Waals surface area contributed by atoms with Gasteiger partial charge in [0.1, 0.15) is 12.0 Å². The number of carbonyl (C=O) groups is 1. The quantitative estimate of drug-likeness (QED) is 0.498. The van der Waals surface area contributed by atoms with Crippen molar-refractivity contribution in [3.05, 3.63) is 77.1 Å². The van der Waals surface area contributed by atoms with Crippen molar-refractivity contribution >= 4 is 34.8 Å². The van der Waals surface area contributed by atoms with Gasteiger partial charge in [0.2, 0.25) is 0 Å². The van der Waals surface area contributed by atoms with Gasteiger partial charge in [-0.1, -0.05) is 54.1 Å². The van der Waals surface area contributed by atoms with Crippen LogP contribution in [0.1, 0.15) is 15.9 Å². The number of amides is 1. The van der Waals surface area contributed by atoms with Gasteiger partial charge < -0.3 is 11.1 Å². The molecule has 3 aromatic rings. The lowest BCUT2D eigenvalue weighted by Crippen LogP contribution is -2.30. The minimum atomic E-state index is -0.396. The molecule has 0 saturated heterocycles. The molecule has 0 bridgehead atoms. The van der Waals surface area contributed by atoms with E-state index in [1.807, 2.05) is 30.3 Å². The maximum atomic E-state index is 12.2. The van der Waals surface area contributed by atoms with E-state index in [0.29, 0.717) is 28.6 Å². The Morgan fingerprint density at radius 2 is 1.69 bits per heavy atom. The van der Waals surface area contributed by atoms with Gasteiger partial charge in [0.25, 0.3) is 5.91 Å². The van der Waals surface area contributed by atoms with Crippen molar-refractivity contribution in [1.29, 1.82) is 0 Å². The number of rotatable bonds is 6. The second-order valence-corrected chi connectivity index (χ2v) is 5.79. The zero-order valence-electron chi connectivity index (χ0n) is 13.7. The van der Waals surface area contributed by atoms with Crippen LogP contribution in [-0.2, 0) is 6.54 Å². The number of nitrogens with two attached hydrogens (primary N) is 1. The van der Waals surface area contributed by atoms with Gasteiger partial charge in [-0.05, 0) is 17.7 Å². The van der Waals surface area contributed by atoms with Crippen molar-refractivity contribution in [1.82, 2.24) is 15.4 Å². The molecule has 7 nitrogen and oxygen atoms in total. The molecular formula is C18H17ClN6O. The van der Waals surface area contributed by atoms with Crippen LogP contribution < -0.4 is 21.9 Å². The first-order valence-electron chi connectivity index (χ1n) is 7.84. The van der Waals surface area contributed by atoms with Crippen LogP contribution in [0.4, 0.5) is 17.3 Å². The summed E-state index contributed by atoms with van der Waals surface area (Å²) in [5, 5.41) is 3.50. The average molecular weight is 369 g/mol. The van der Waals surface area contributed by atoms with Crippen molar-refractivity contribution in [2.45, 2.75) is 6.54 Å². The lowest BCUT2D eigenvalue weighted by Gasteiger charge is -2.13. The van der Waals surface area contributed by atoms with Crippen LogP contribution in [0.25, 0.3) is 0 Å². The molecule has 5 N–H and O–H groups in total. The number of anilines is 3. The molecule has 0 aliphatic carbocycles. The van der Waals surface area contributed by atoms with Gasteiger partial charge in [-0.3, -0.25) is 15.6 Å². The first-order chi connectivity index (χ1) is 12.6. The molecule has 0 aliphatic heterocycles. The molecule has 1 aromatic heterocycles. The van der Waals surface area contributed by atoms with Crippen molar-refractivity contribution < 1.29 is 4.79 Å². The third-order valence-electron chi connectivity index (χ3n) is 3.60. The van der Waals surface area contributed by atoms with Crippen LogP contribution in [0.3, 0.4) is 0 Å². The summed E-state index contributed by atoms with van der Waals surface area (Å²) in [6, 6.07) is 16.6. The zero-order valence-corrected chi connectivity index (χ0v) is 14.5. The normalized spacial score (nSPS) is 10.2. The fraction of sp³-hybridized carbons (Fsp3) is 0.0556. The van der Waals surface area contributed by atoms with Gasteiger partial charge in [0.05, 0.1) is 10.6 Å². The summed E-state index contributed by atoms with van der Waals surface area (Å²) in [6.07, 6.45) is 1.35. The number of nitrogens with one attached hydrogen (secondary N) is 3. The molecule has 0 atom stereocenters. The van der Waals surface area contributed by atoms with Gasteiger partial charge in [0, 0.05) is 6.54 Å². The number of carbonyl (C=O) groups excluding carboxylic acids is 1. The third-order valence-corrected chi connectivity index (χ3v) is 3.93. The molecule has 3 rings (SSSR count). The summed E-state index contributed by atoms with van der Waals surface area (Å²) in [7, 11) is 0. The largest absolute Gasteiger partial charge is 0.393 e. The van der Waals surface area contributed by atoms with Gasteiger partial charge in [0.15, 0.2) is 11.6 Å². The first-order valence-corrected chi connectivity index (χ1v) is 8.22. The molecule has 0 aliphatic rings. The van der Waals surface area contributed by atoms with Crippen LogP contribution in [0, 0.1) is 0 Å². The molecular weight excluding hydrogens is 352 g/mol. The molecule has 26 heavy (non-hydrogen) atoms. The van der Waals surface area contributed by atoms with E-state index < -0.39 is 5.91 Å². The topological polar surface area (TPSA) is 105 Å². The van der Waals surface area contributed by atoms with E-state index in [1.165, 1.54) is 6.33 Å². The summed E-state index contributed by atoms with van der Waals surface area (Å²) in [6.45, 7) is 0.563. The molecule has 0 spiro atoms.